The summed E-state index contributed by atoms with van der Waals surface area (Å²) in [6, 6.07) is 7.40. The summed E-state index contributed by atoms with van der Waals surface area (Å²) >= 11 is 0. The van der Waals surface area contributed by atoms with Gasteiger partial charge in [0, 0.05) is 12.5 Å². The number of aliphatic carboxylic acids is 1. The fourth-order valence-electron chi connectivity index (χ4n) is 1.93. The molecule has 0 aliphatic carbocycles. The van der Waals surface area contributed by atoms with Crippen molar-refractivity contribution in [2.75, 3.05) is 13.7 Å². The molecular formula is C15H21NO4. The smallest absolute Gasteiger partial charge is 0.323 e. The molecule has 0 saturated heterocycles. The van der Waals surface area contributed by atoms with Crippen LogP contribution in [0.1, 0.15) is 25.8 Å². The number of rotatable bonds is 7. The summed E-state index contributed by atoms with van der Waals surface area (Å²) in [6.45, 7) is 3.37. The summed E-state index contributed by atoms with van der Waals surface area (Å²) in [5.41, 5.74) is 0.997. The molecule has 1 aromatic rings. The molecule has 5 heteroatoms. The second-order valence-corrected chi connectivity index (χ2v) is 4.86. The highest BCUT2D eigenvalue weighted by molar-refractivity contribution is 5.81. The van der Waals surface area contributed by atoms with Crippen LogP contribution in [-0.2, 0) is 16.0 Å². The van der Waals surface area contributed by atoms with E-state index < -0.39 is 5.97 Å². The molecule has 0 radical (unpaired) electrons. The van der Waals surface area contributed by atoms with E-state index in [-0.39, 0.29) is 18.5 Å². The number of carboxylic acid groups (broad SMARTS) is 1. The molecule has 1 N–H and O–H groups in total. The molecule has 0 bridgehead atoms. The van der Waals surface area contributed by atoms with E-state index in [9.17, 15) is 9.59 Å². The molecule has 1 rings (SSSR count). The normalized spacial score (nSPS) is 10.4. The average molecular weight is 279 g/mol. The minimum atomic E-state index is -0.992. The molecule has 0 heterocycles. The lowest BCUT2D eigenvalue weighted by Crippen LogP contribution is -2.40. The Morgan fingerprint density at radius 1 is 1.35 bits per heavy atom. The number of ether oxygens (including phenoxy) is 1. The van der Waals surface area contributed by atoms with Crippen molar-refractivity contribution >= 4 is 11.9 Å². The monoisotopic (exact) mass is 279 g/mol. The number of carbonyl (C=O) groups excluding carboxylic acids is 1. The molecule has 0 unspecified atom stereocenters. The van der Waals surface area contributed by atoms with E-state index in [0.717, 1.165) is 11.3 Å². The van der Waals surface area contributed by atoms with E-state index in [0.29, 0.717) is 12.8 Å². The maximum Gasteiger partial charge on any atom is 0.323 e. The molecule has 0 aliphatic rings. The standard InChI is InChI=1S/C15H21NO4/c1-11(2)16(10-15(18)19)14(17)8-7-12-5-4-6-13(9-12)20-3/h4-6,9,11H,7-8,10H2,1-3H3,(H,18,19). The molecule has 0 atom stereocenters. The predicted molar refractivity (Wildman–Crippen MR) is 75.8 cm³/mol. The van der Waals surface area contributed by atoms with Crippen LogP contribution in [0.3, 0.4) is 0 Å². The summed E-state index contributed by atoms with van der Waals surface area (Å²) in [5.74, 6) is -0.389. The Morgan fingerprint density at radius 3 is 2.60 bits per heavy atom. The van der Waals surface area contributed by atoms with E-state index in [1.54, 1.807) is 7.11 Å². The van der Waals surface area contributed by atoms with Gasteiger partial charge in [0.25, 0.3) is 0 Å². The largest absolute Gasteiger partial charge is 0.497 e. The second-order valence-electron chi connectivity index (χ2n) is 4.86. The van der Waals surface area contributed by atoms with Gasteiger partial charge >= 0.3 is 5.97 Å². The number of nitrogens with zero attached hydrogens (tertiary/aromatic N) is 1. The Kier molecular flexibility index (Phi) is 6.03. The summed E-state index contributed by atoms with van der Waals surface area (Å²) in [6.07, 6.45) is 0.859. The molecular weight excluding hydrogens is 258 g/mol. The highest BCUT2D eigenvalue weighted by atomic mass is 16.5. The zero-order valence-electron chi connectivity index (χ0n) is 12.1. The number of carboxylic acids is 1. The Balaban J connectivity index is 2.62. The SMILES string of the molecule is COc1cccc(CCC(=O)N(CC(=O)O)C(C)C)c1. The lowest BCUT2D eigenvalue weighted by molar-refractivity contribution is -0.145. The van der Waals surface area contributed by atoms with E-state index in [1.165, 1.54) is 4.90 Å². The van der Waals surface area contributed by atoms with E-state index in [1.807, 2.05) is 38.1 Å². The van der Waals surface area contributed by atoms with Crippen LogP contribution in [0.2, 0.25) is 0 Å². The van der Waals surface area contributed by atoms with Crippen molar-refractivity contribution in [1.29, 1.82) is 0 Å². The Labute approximate surface area is 119 Å². The second kappa shape index (κ2) is 7.53. The van der Waals surface area contributed by atoms with Crippen molar-refractivity contribution < 1.29 is 19.4 Å². The Hall–Kier alpha value is -2.04. The number of hydrogen-bond acceptors (Lipinski definition) is 3. The van der Waals surface area contributed by atoms with Crippen LogP contribution in [0.15, 0.2) is 24.3 Å². The first-order valence-corrected chi connectivity index (χ1v) is 6.58. The van der Waals surface area contributed by atoms with Crippen LogP contribution in [0.25, 0.3) is 0 Å². The predicted octanol–water partition coefficient (Wildman–Crippen LogP) is 1.95. The van der Waals surface area contributed by atoms with E-state index in [4.69, 9.17) is 9.84 Å². The van der Waals surface area contributed by atoms with Crippen molar-refractivity contribution in [1.82, 2.24) is 4.90 Å². The van der Waals surface area contributed by atoms with Crippen LogP contribution >= 0.6 is 0 Å². The maximum absolute atomic E-state index is 12.1. The third kappa shape index (κ3) is 4.91. The van der Waals surface area contributed by atoms with Gasteiger partial charge in [-0.05, 0) is 38.0 Å². The van der Waals surface area contributed by atoms with Crippen LogP contribution in [0, 0.1) is 0 Å². The topological polar surface area (TPSA) is 66.8 Å². The molecule has 0 aliphatic heterocycles. The molecule has 110 valence electrons. The molecule has 0 saturated carbocycles. The fourth-order valence-corrected chi connectivity index (χ4v) is 1.93. The van der Waals surface area contributed by atoms with Crippen molar-refractivity contribution in [3.63, 3.8) is 0 Å². The molecule has 5 nitrogen and oxygen atoms in total. The zero-order valence-corrected chi connectivity index (χ0v) is 12.1. The van der Waals surface area contributed by atoms with Gasteiger partial charge in [0.15, 0.2) is 0 Å². The van der Waals surface area contributed by atoms with Gasteiger partial charge in [0.05, 0.1) is 7.11 Å². The Morgan fingerprint density at radius 2 is 2.05 bits per heavy atom. The quantitative estimate of drug-likeness (QED) is 0.828. The fraction of sp³-hybridized carbons (Fsp3) is 0.467. The number of amides is 1. The first-order chi connectivity index (χ1) is 9.43. The molecule has 0 fully saturated rings. The first kappa shape index (κ1) is 16.0. The van der Waals surface area contributed by atoms with Crippen molar-refractivity contribution in [2.24, 2.45) is 0 Å². The molecule has 1 aromatic carbocycles. The van der Waals surface area contributed by atoms with Crippen LogP contribution < -0.4 is 4.74 Å². The molecule has 0 spiro atoms. The van der Waals surface area contributed by atoms with E-state index >= 15 is 0 Å². The van der Waals surface area contributed by atoms with Gasteiger partial charge in [-0.15, -0.1) is 0 Å². The summed E-state index contributed by atoms with van der Waals surface area (Å²) in [5, 5.41) is 8.82. The zero-order chi connectivity index (χ0) is 15.1. The summed E-state index contributed by atoms with van der Waals surface area (Å²) in [7, 11) is 1.59. The number of carbonyl (C=O) groups is 2. The average Bonchev–Trinajstić information content (AvgIpc) is 2.42. The van der Waals surface area contributed by atoms with Gasteiger partial charge in [0.1, 0.15) is 12.3 Å². The number of benzene rings is 1. The number of aryl methyl sites for hydroxylation is 1. The Bertz CT molecular complexity index is 471. The lowest BCUT2D eigenvalue weighted by Gasteiger charge is -2.24. The minimum absolute atomic E-state index is 0.121. The molecule has 1 amide bonds. The van der Waals surface area contributed by atoms with Crippen molar-refractivity contribution in [2.45, 2.75) is 32.7 Å². The third-order valence-electron chi connectivity index (χ3n) is 3.01. The van der Waals surface area contributed by atoms with Gasteiger partial charge in [-0.2, -0.15) is 0 Å². The van der Waals surface area contributed by atoms with Gasteiger partial charge in [-0.1, -0.05) is 12.1 Å². The van der Waals surface area contributed by atoms with E-state index in [2.05, 4.69) is 0 Å². The van der Waals surface area contributed by atoms with Gasteiger partial charge in [-0.25, -0.2) is 0 Å². The lowest BCUT2D eigenvalue weighted by atomic mass is 10.1. The molecule has 0 aromatic heterocycles. The number of hydrogen-bond donors (Lipinski definition) is 1. The van der Waals surface area contributed by atoms with Crippen LogP contribution in [0.4, 0.5) is 0 Å². The van der Waals surface area contributed by atoms with Crippen LogP contribution in [0.5, 0.6) is 5.75 Å². The van der Waals surface area contributed by atoms with Gasteiger partial charge in [0.2, 0.25) is 5.91 Å². The van der Waals surface area contributed by atoms with Gasteiger partial charge < -0.3 is 14.7 Å². The third-order valence-corrected chi connectivity index (χ3v) is 3.01. The highest BCUT2D eigenvalue weighted by Gasteiger charge is 2.19. The first-order valence-electron chi connectivity index (χ1n) is 6.58. The summed E-state index contributed by atoms with van der Waals surface area (Å²) < 4.78 is 5.13. The maximum atomic E-state index is 12.1. The highest BCUT2D eigenvalue weighted by Crippen LogP contribution is 2.14. The van der Waals surface area contributed by atoms with Crippen LogP contribution in [-0.4, -0.2) is 41.6 Å². The van der Waals surface area contributed by atoms with Crippen molar-refractivity contribution in [3.05, 3.63) is 29.8 Å². The molecule has 20 heavy (non-hydrogen) atoms. The summed E-state index contributed by atoms with van der Waals surface area (Å²) in [4.78, 5) is 24.2. The van der Waals surface area contributed by atoms with Crippen molar-refractivity contribution in [3.8, 4) is 5.75 Å². The number of methoxy groups -OCH3 is 1. The minimum Gasteiger partial charge on any atom is -0.497 e. The van der Waals surface area contributed by atoms with Gasteiger partial charge in [-0.3, -0.25) is 9.59 Å².